The maximum atomic E-state index is 5.60. The standard InChI is InChI=1S/C17H16N2O2/c1-2-4-12(5-3-1)6-7-17-18-13-10-15-16(11-14(13)19-17)21-9-8-20-15/h1-5,10-11H,6-9H2,(H,18,19). The number of hydrogen-bond acceptors (Lipinski definition) is 3. The van der Waals surface area contributed by atoms with Crippen LogP contribution in [0.2, 0.25) is 0 Å². The molecule has 0 saturated carbocycles. The maximum absolute atomic E-state index is 5.60. The summed E-state index contributed by atoms with van der Waals surface area (Å²) >= 11 is 0. The van der Waals surface area contributed by atoms with Crippen molar-refractivity contribution in [2.45, 2.75) is 12.8 Å². The van der Waals surface area contributed by atoms with Crippen LogP contribution in [0.3, 0.4) is 0 Å². The molecular formula is C17H16N2O2. The third-order valence-corrected chi connectivity index (χ3v) is 3.69. The van der Waals surface area contributed by atoms with Crippen molar-refractivity contribution in [1.82, 2.24) is 9.97 Å². The van der Waals surface area contributed by atoms with E-state index >= 15 is 0 Å². The largest absolute Gasteiger partial charge is 0.486 e. The summed E-state index contributed by atoms with van der Waals surface area (Å²) in [6.45, 7) is 1.21. The smallest absolute Gasteiger partial charge is 0.163 e. The first kappa shape index (κ1) is 12.3. The second-order valence-electron chi connectivity index (χ2n) is 5.18. The fourth-order valence-corrected chi connectivity index (χ4v) is 2.63. The van der Waals surface area contributed by atoms with Crippen molar-refractivity contribution in [2.24, 2.45) is 0 Å². The van der Waals surface area contributed by atoms with Crippen LogP contribution in [-0.4, -0.2) is 23.2 Å². The SMILES string of the molecule is c1ccc(CCc2nc3cc4c(cc3[nH]2)OCCO4)cc1. The minimum atomic E-state index is 0.601. The highest BCUT2D eigenvalue weighted by Crippen LogP contribution is 2.33. The van der Waals surface area contributed by atoms with Crippen LogP contribution in [0.5, 0.6) is 11.5 Å². The van der Waals surface area contributed by atoms with Crippen molar-refractivity contribution in [1.29, 1.82) is 0 Å². The highest BCUT2D eigenvalue weighted by Gasteiger charge is 2.14. The van der Waals surface area contributed by atoms with Gasteiger partial charge in [-0.1, -0.05) is 30.3 Å². The number of ether oxygens (including phenoxy) is 2. The minimum absolute atomic E-state index is 0.601. The molecule has 0 fully saturated rings. The summed E-state index contributed by atoms with van der Waals surface area (Å²) in [7, 11) is 0. The number of aryl methyl sites for hydroxylation is 2. The minimum Gasteiger partial charge on any atom is -0.486 e. The summed E-state index contributed by atoms with van der Waals surface area (Å²) in [6, 6.07) is 14.4. The van der Waals surface area contributed by atoms with E-state index in [9.17, 15) is 0 Å². The molecule has 2 aromatic carbocycles. The Bertz CT molecular complexity index is 722. The van der Waals surface area contributed by atoms with Crippen molar-refractivity contribution in [3.63, 3.8) is 0 Å². The first-order valence-electron chi connectivity index (χ1n) is 7.21. The molecule has 4 nitrogen and oxygen atoms in total. The number of aromatic nitrogens is 2. The summed E-state index contributed by atoms with van der Waals surface area (Å²) in [5, 5.41) is 0. The second-order valence-corrected chi connectivity index (χ2v) is 5.18. The van der Waals surface area contributed by atoms with Gasteiger partial charge in [-0.05, 0) is 12.0 Å². The van der Waals surface area contributed by atoms with E-state index in [-0.39, 0.29) is 0 Å². The Balaban J connectivity index is 1.59. The van der Waals surface area contributed by atoms with Gasteiger partial charge in [-0.15, -0.1) is 0 Å². The molecule has 1 aromatic heterocycles. The number of aromatic amines is 1. The van der Waals surface area contributed by atoms with Gasteiger partial charge in [0.25, 0.3) is 0 Å². The molecule has 21 heavy (non-hydrogen) atoms. The summed E-state index contributed by atoms with van der Waals surface area (Å²) in [6.07, 6.45) is 1.87. The molecule has 1 aliphatic heterocycles. The van der Waals surface area contributed by atoms with E-state index in [4.69, 9.17) is 9.47 Å². The normalized spacial score (nSPS) is 13.5. The van der Waals surface area contributed by atoms with Gasteiger partial charge in [-0.3, -0.25) is 0 Å². The Kier molecular flexibility index (Phi) is 2.99. The third kappa shape index (κ3) is 2.44. The maximum Gasteiger partial charge on any atom is 0.163 e. The van der Waals surface area contributed by atoms with E-state index < -0.39 is 0 Å². The van der Waals surface area contributed by atoms with E-state index in [1.807, 2.05) is 18.2 Å². The van der Waals surface area contributed by atoms with E-state index in [1.165, 1.54) is 5.56 Å². The van der Waals surface area contributed by atoms with E-state index in [0.717, 1.165) is 41.2 Å². The molecule has 0 unspecified atom stereocenters. The summed E-state index contributed by atoms with van der Waals surface area (Å²) in [5.74, 6) is 2.58. The van der Waals surface area contributed by atoms with Gasteiger partial charge in [0.1, 0.15) is 19.0 Å². The lowest BCUT2D eigenvalue weighted by molar-refractivity contribution is 0.172. The number of rotatable bonds is 3. The van der Waals surface area contributed by atoms with Gasteiger partial charge in [0.15, 0.2) is 11.5 Å². The van der Waals surface area contributed by atoms with E-state index in [0.29, 0.717) is 13.2 Å². The van der Waals surface area contributed by atoms with Crippen LogP contribution in [-0.2, 0) is 12.8 Å². The van der Waals surface area contributed by atoms with Gasteiger partial charge in [-0.25, -0.2) is 4.98 Å². The Morgan fingerprint density at radius 2 is 1.71 bits per heavy atom. The highest BCUT2D eigenvalue weighted by molar-refractivity contribution is 5.79. The molecule has 0 amide bonds. The van der Waals surface area contributed by atoms with Gasteiger partial charge in [-0.2, -0.15) is 0 Å². The molecule has 0 radical (unpaired) electrons. The Morgan fingerprint density at radius 3 is 2.52 bits per heavy atom. The first-order chi connectivity index (χ1) is 10.4. The molecule has 1 aliphatic rings. The van der Waals surface area contributed by atoms with Crippen molar-refractivity contribution in [3.05, 3.63) is 53.9 Å². The molecule has 4 rings (SSSR count). The van der Waals surface area contributed by atoms with Crippen LogP contribution in [0.1, 0.15) is 11.4 Å². The van der Waals surface area contributed by atoms with Crippen molar-refractivity contribution < 1.29 is 9.47 Å². The quantitative estimate of drug-likeness (QED) is 0.802. The zero-order chi connectivity index (χ0) is 14.1. The Hall–Kier alpha value is -2.49. The van der Waals surface area contributed by atoms with Crippen molar-refractivity contribution in [3.8, 4) is 11.5 Å². The second kappa shape index (κ2) is 5.13. The predicted octanol–water partition coefficient (Wildman–Crippen LogP) is 3.12. The molecule has 0 spiro atoms. The topological polar surface area (TPSA) is 47.1 Å². The molecule has 106 valence electrons. The molecular weight excluding hydrogens is 264 g/mol. The van der Waals surface area contributed by atoms with Crippen LogP contribution in [0.15, 0.2) is 42.5 Å². The Morgan fingerprint density at radius 1 is 0.952 bits per heavy atom. The lowest BCUT2D eigenvalue weighted by Gasteiger charge is -2.17. The van der Waals surface area contributed by atoms with E-state index in [2.05, 4.69) is 34.2 Å². The zero-order valence-corrected chi connectivity index (χ0v) is 11.6. The number of benzene rings is 2. The van der Waals surface area contributed by atoms with Crippen LogP contribution in [0.4, 0.5) is 0 Å². The molecule has 0 atom stereocenters. The van der Waals surface area contributed by atoms with Gasteiger partial charge in [0.2, 0.25) is 0 Å². The summed E-state index contributed by atoms with van der Waals surface area (Å²) < 4.78 is 11.2. The highest BCUT2D eigenvalue weighted by atomic mass is 16.6. The van der Waals surface area contributed by atoms with Crippen molar-refractivity contribution in [2.75, 3.05) is 13.2 Å². The van der Waals surface area contributed by atoms with Crippen LogP contribution >= 0.6 is 0 Å². The molecule has 0 saturated heterocycles. The number of nitrogens with one attached hydrogen (secondary N) is 1. The van der Waals surface area contributed by atoms with Crippen molar-refractivity contribution >= 4 is 11.0 Å². The third-order valence-electron chi connectivity index (χ3n) is 3.69. The molecule has 3 aromatic rings. The predicted molar refractivity (Wildman–Crippen MR) is 80.9 cm³/mol. The molecule has 0 aliphatic carbocycles. The summed E-state index contributed by atoms with van der Waals surface area (Å²) in [4.78, 5) is 8.01. The van der Waals surface area contributed by atoms with Crippen LogP contribution in [0, 0.1) is 0 Å². The van der Waals surface area contributed by atoms with Gasteiger partial charge in [0, 0.05) is 18.6 Å². The number of fused-ring (bicyclic) bond motifs is 2. The zero-order valence-electron chi connectivity index (χ0n) is 11.6. The molecule has 2 heterocycles. The molecule has 1 N–H and O–H groups in total. The lowest BCUT2D eigenvalue weighted by Crippen LogP contribution is -2.15. The van der Waals surface area contributed by atoms with Gasteiger partial charge in [0.05, 0.1) is 11.0 Å². The van der Waals surface area contributed by atoms with Gasteiger partial charge < -0.3 is 14.5 Å². The van der Waals surface area contributed by atoms with Gasteiger partial charge >= 0.3 is 0 Å². The number of nitrogens with zero attached hydrogens (tertiary/aromatic N) is 1. The monoisotopic (exact) mass is 280 g/mol. The first-order valence-corrected chi connectivity index (χ1v) is 7.21. The van der Waals surface area contributed by atoms with E-state index in [1.54, 1.807) is 0 Å². The average molecular weight is 280 g/mol. The summed E-state index contributed by atoms with van der Waals surface area (Å²) in [5.41, 5.74) is 3.26. The van der Waals surface area contributed by atoms with Crippen LogP contribution < -0.4 is 9.47 Å². The Labute approximate surface area is 122 Å². The number of hydrogen-bond donors (Lipinski definition) is 1. The number of imidazole rings is 1. The number of H-pyrrole nitrogens is 1. The average Bonchev–Trinajstić information content (AvgIpc) is 2.93. The fraction of sp³-hybridized carbons (Fsp3) is 0.235. The lowest BCUT2D eigenvalue weighted by atomic mass is 10.1. The fourth-order valence-electron chi connectivity index (χ4n) is 2.63. The van der Waals surface area contributed by atoms with Crippen LogP contribution in [0.25, 0.3) is 11.0 Å². The molecule has 4 heteroatoms. The molecule has 0 bridgehead atoms.